The topological polar surface area (TPSA) is 53.6 Å². The first-order chi connectivity index (χ1) is 9.99. The minimum absolute atomic E-state index is 0.0633. The van der Waals surface area contributed by atoms with Gasteiger partial charge in [0.25, 0.3) is 0 Å². The van der Waals surface area contributed by atoms with Crippen LogP contribution in [0.1, 0.15) is 27.7 Å². The third-order valence-corrected chi connectivity index (χ3v) is 3.46. The summed E-state index contributed by atoms with van der Waals surface area (Å²) < 4.78 is 5.82. The largest absolute Gasteiger partial charge is 0.489 e. The first-order valence-electron chi connectivity index (χ1n) is 7.51. The molecule has 1 saturated heterocycles. The fourth-order valence-corrected chi connectivity index (χ4v) is 2.78. The summed E-state index contributed by atoms with van der Waals surface area (Å²) in [6.07, 6.45) is 0.741. The summed E-state index contributed by atoms with van der Waals surface area (Å²) in [6.45, 7) is 10.3. The Morgan fingerprint density at radius 1 is 1.33 bits per heavy atom. The zero-order valence-electron chi connectivity index (χ0n) is 13.2. The molecule has 1 aromatic rings. The summed E-state index contributed by atoms with van der Waals surface area (Å²) in [5.74, 6) is 0.716. The van der Waals surface area contributed by atoms with Crippen LogP contribution in [-0.4, -0.2) is 37.7 Å². The van der Waals surface area contributed by atoms with Gasteiger partial charge in [0.2, 0.25) is 6.41 Å². The molecule has 1 amide bonds. The van der Waals surface area contributed by atoms with Crippen LogP contribution in [-0.2, 0) is 4.79 Å². The Bertz CT molecular complexity index is 480. The Hall–Kier alpha value is -1.75. The molecule has 0 saturated carbocycles. The Kier molecular flexibility index (Phi) is 5.07. The molecule has 0 bridgehead atoms. The number of nitrogens with zero attached hydrogens (tertiary/aromatic N) is 1. The number of amides is 1. The number of hydrogen-bond acceptors (Lipinski definition) is 4. The predicted octanol–water partition coefficient (Wildman–Crippen LogP) is 2.23. The lowest BCUT2D eigenvalue weighted by atomic mass is 10.1. The van der Waals surface area contributed by atoms with Gasteiger partial charge in [-0.2, -0.15) is 0 Å². The number of benzene rings is 1. The first-order valence-corrected chi connectivity index (χ1v) is 7.51. The number of hydrogen-bond donors (Lipinski definition) is 2. The average Bonchev–Trinajstić information content (AvgIpc) is 2.39. The summed E-state index contributed by atoms with van der Waals surface area (Å²) >= 11 is 0. The second-order valence-electron chi connectivity index (χ2n) is 5.98. The maximum atomic E-state index is 10.7. The van der Waals surface area contributed by atoms with E-state index in [-0.39, 0.29) is 6.10 Å². The highest BCUT2D eigenvalue weighted by Crippen LogP contribution is 2.31. The normalized spacial score (nSPS) is 22.2. The second kappa shape index (κ2) is 6.80. The van der Waals surface area contributed by atoms with Gasteiger partial charge in [0.05, 0.1) is 11.8 Å². The minimum atomic E-state index is 0.0633. The van der Waals surface area contributed by atoms with E-state index in [2.05, 4.69) is 29.4 Å². The van der Waals surface area contributed by atoms with E-state index in [1.807, 2.05) is 32.0 Å². The standard InChI is InChI=1S/C16H25N3O2/c1-11(2)21-16-7-14(5-6-15(16)17-10-20)19-8-12(3)18-13(4)9-19/h5-7,10-13,18H,8-9H2,1-4H3,(H,17,20)/t12-,13-/m1/s1. The van der Waals surface area contributed by atoms with Gasteiger partial charge < -0.3 is 20.3 Å². The molecule has 2 N–H and O–H groups in total. The van der Waals surface area contributed by atoms with Crippen molar-refractivity contribution < 1.29 is 9.53 Å². The third kappa shape index (κ3) is 4.11. The van der Waals surface area contributed by atoms with E-state index in [1.165, 1.54) is 0 Å². The molecule has 0 spiro atoms. The molecule has 0 aromatic heterocycles. The zero-order chi connectivity index (χ0) is 15.4. The number of rotatable bonds is 5. The first kappa shape index (κ1) is 15.6. The Labute approximate surface area is 126 Å². The van der Waals surface area contributed by atoms with Crippen molar-refractivity contribution in [1.29, 1.82) is 0 Å². The Morgan fingerprint density at radius 2 is 2.00 bits per heavy atom. The quantitative estimate of drug-likeness (QED) is 0.817. The maximum absolute atomic E-state index is 10.7. The van der Waals surface area contributed by atoms with E-state index in [4.69, 9.17) is 4.74 Å². The number of nitrogens with one attached hydrogen (secondary N) is 2. The summed E-state index contributed by atoms with van der Waals surface area (Å²) in [7, 11) is 0. The van der Waals surface area contributed by atoms with Crippen molar-refractivity contribution in [1.82, 2.24) is 5.32 Å². The van der Waals surface area contributed by atoms with Gasteiger partial charge in [-0.15, -0.1) is 0 Å². The van der Waals surface area contributed by atoms with Gasteiger partial charge in [0.15, 0.2) is 0 Å². The number of ether oxygens (including phenoxy) is 1. The van der Waals surface area contributed by atoms with Gasteiger partial charge in [0, 0.05) is 36.9 Å². The van der Waals surface area contributed by atoms with Gasteiger partial charge in [-0.05, 0) is 39.8 Å². The molecule has 1 fully saturated rings. The van der Waals surface area contributed by atoms with Gasteiger partial charge in [-0.25, -0.2) is 0 Å². The molecule has 21 heavy (non-hydrogen) atoms. The van der Waals surface area contributed by atoms with Crippen molar-refractivity contribution in [3.63, 3.8) is 0 Å². The lowest BCUT2D eigenvalue weighted by Crippen LogP contribution is -2.54. The molecule has 0 aliphatic carbocycles. The van der Waals surface area contributed by atoms with Gasteiger partial charge in [-0.3, -0.25) is 4.79 Å². The summed E-state index contributed by atoms with van der Waals surface area (Å²) in [5.41, 5.74) is 1.83. The molecule has 1 aromatic carbocycles. The molecule has 0 unspecified atom stereocenters. The SMILES string of the molecule is CC(C)Oc1cc(N2C[C@@H](C)N[C@H](C)C2)ccc1NC=O. The highest BCUT2D eigenvalue weighted by Gasteiger charge is 2.22. The predicted molar refractivity (Wildman–Crippen MR) is 86.2 cm³/mol. The van der Waals surface area contributed by atoms with E-state index in [0.717, 1.165) is 18.8 Å². The molecule has 0 radical (unpaired) electrons. The highest BCUT2D eigenvalue weighted by molar-refractivity contribution is 5.77. The van der Waals surface area contributed by atoms with Crippen LogP contribution in [0.2, 0.25) is 0 Å². The van der Waals surface area contributed by atoms with E-state index in [1.54, 1.807) is 0 Å². The lowest BCUT2D eigenvalue weighted by molar-refractivity contribution is -0.105. The van der Waals surface area contributed by atoms with Gasteiger partial charge in [-0.1, -0.05) is 0 Å². The fraction of sp³-hybridized carbons (Fsp3) is 0.562. The number of anilines is 2. The Morgan fingerprint density at radius 3 is 2.57 bits per heavy atom. The molecule has 116 valence electrons. The smallest absolute Gasteiger partial charge is 0.211 e. The van der Waals surface area contributed by atoms with Crippen molar-refractivity contribution in [3.05, 3.63) is 18.2 Å². The van der Waals surface area contributed by atoms with E-state index < -0.39 is 0 Å². The molecular formula is C16H25N3O2. The molecule has 1 aliphatic heterocycles. The zero-order valence-corrected chi connectivity index (χ0v) is 13.2. The van der Waals surface area contributed by atoms with Crippen molar-refractivity contribution in [2.24, 2.45) is 0 Å². The third-order valence-electron chi connectivity index (χ3n) is 3.46. The fourth-order valence-electron chi connectivity index (χ4n) is 2.78. The molecule has 5 nitrogen and oxygen atoms in total. The van der Waals surface area contributed by atoms with Crippen LogP contribution in [0.4, 0.5) is 11.4 Å². The summed E-state index contributed by atoms with van der Waals surface area (Å²) in [4.78, 5) is 13.1. The summed E-state index contributed by atoms with van der Waals surface area (Å²) in [6, 6.07) is 6.85. The molecule has 1 heterocycles. The van der Waals surface area contributed by atoms with Crippen molar-refractivity contribution in [2.45, 2.75) is 45.9 Å². The van der Waals surface area contributed by atoms with Crippen molar-refractivity contribution in [3.8, 4) is 5.75 Å². The monoisotopic (exact) mass is 291 g/mol. The Balaban J connectivity index is 2.25. The molecule has 2 rings (SSSR count). The van der Waals surface area contributed by atoms with E-state index >= 15 is 0 Å². The van der Waals surface area contributed by atoms with Crippen molar-refractivity contribution in [2.75, 3.05) is 23.3 Å². The molecule has 5 heteroatoms. The number of carbonyl (C=O) groups is 1. The van der Waals surface area contributed by atoms with Crippen molar-refractivity contribution >= 4 is 17.8 Å². The van der Waals surface area contributed by atoms with Crippen LogP contribution in [0.3, 0.4) is 0 Å². The van der Waals surface area contributed by atoms with E-state index in [9.17, 15) is 4.79 Å². The molecule has 2 atom stereocenters. The van der Waals surface area contributed by atoms with Crippen LogP contribution in [0, 0.1) is 0 Å². The highest BCUT2D eigenvalue weighted by atomic mass is 16.5. The minimum Gasteiger partial charge on any atom is -0.489 e. The lowest BCUT2D eigenvalue weighted by Gasteiger charge is -2.38. The average molecular weight is 291 g/mol. The van der Waals surface area contributed by atoms with Crippen LogP contribution < -0.4 is 20.3 Å². The molecular weight excluding hydrogens is 266 g/mol. The van der Waals surface area contributed by atoms with Gasteiger partial charge in [0.1, 0.15) is 5.75 Å². The maximum Gasteiger partial charge on any atom is 0.211 e. The second-order valence-corrected chi connectivity index (χ2v) is 5.98. The van der Waals surface area contributed by atoms with Crippen LogP contribution in [0.15, 0.2) is 18.2 Å². The van der Waals surface area contributed by atoms with E-state index in [0.29, 0.717) is 29.9 Å². The molecule has 1 aliphatic rings. The van der Waals surface area contributed by atoms with Crippen LogP contribution in [0.5, 0.6) is 5.75 Å². The van der Waals surface area contributed by atoms with Gasteiger partial charge >= 0.3 is 0 Å². The summed E-state index contributed by atoms with van der Waals surface area (Å²) in [5, 5.41) is 6.22. The number of carbonyl (C=O) groups excluding carboxylic acids is 1. The van der Waals surface area contributed by atoms with Crippen LogP contribution in [0.25, 0.3) is 0 Å². The number of piperazine rings is 1. The van der Waals surface area contributed by atoms with Crippen LogP contribution >= 0.6 is 0 Å².